The third-order valence-corrected chi connectivity index (χ3v) is 6.61. The van der Waals surface area contributed by atoms with Crippen LogP contribution in [0.2, 0.25) is 5.02 Å². The molecule has 0 spiro atoms. The van der Waals surface area contributed by atoms with Crippen molar-refractivity contribution in [3.05, 3.63) is 23.2 Å². The number of rotatable bonds is 8. The standard InChI is InChI=1S/C17H23ClN2O6S/c1-3-20(4-2)27(23,24)15-10-12(7-8-13(15)18)19-16(21)11-26-17(22)14-6-5-9-25-14/h7-8,10,14H,3-6,9,11H2,1-2H3,(H,19,21)/t14-/m0/s1. The third kappa shape index (κ3) is 5.41. The molecule has 2 rings (SSSR count). The Kier molecular flexibility index (Phi) is 7.60. The molecule has 1 N–H and O–H groups in total. The van der Waals surface area contributed by atoms with Gasteiger partial charge in [0.25, 0.3) is 5.91 Å². The molecule has 1 heterocycles. The van der Waals surface area contributed by atoms with E-state index in [2.05, 4.69) is 5.32 Å². The molecule has 1 amide bonds. The number of carbonyl (C=O) groups excluding carboxylic acids is 2. The number of amides is 1. The van der Waals surface area contributed by atoms with Crippen molar-refractivity contribution in [1.82, 2.24) is 4.31 Å². The summed E-state index contributed by atoms with van der Waals surface area (Å²) in [6, 6.07) is 4.16. The molecule has 27 heavy (non-hydrogen) atoms. The first-order valence-corrected chi connectivity index (χ1v) is 10.5. The van der Waals surface area contributed by atoms with Gasteiger partial charge in [-0.05, 0) is 31.0 Å². The summed E-state index contributed by atoms with van der Waals surface area (Å²) >= 11 is 6.05. The molecule has 0 aromatic heterocycles. The number of ether oxygens (including phenoxy) is 2. The fourth-order valence-electron chi connectivity index (χ4n) is 2.67. The van der Waals surface area contributed by atoms with E-state index in [1.165, 1.54) is 22.5 Å². The Morgan fingerprint density at radius 1 is 1.33 bits per heavy atom. The monoisotopic (exact) mass is 418 g/mol. The lowest BCUT2D eigenvalue weighted by Gasteiger charge is -2.19. The number of esters is 1. The minimum atomic E-state index is -3.78. The molecule has 1 aliphatic heterocycles. The van der Waals surface area contributed by atoms with Gasteiger partial charge >= 0.3 is 5.97 Å². The Labute approximate surface area is 163 Å². The molecule has 1 aromatic rings. The lowest BCUT2D eigenvalue weighted by Crippen LogP contribution is -2.31. The highest BCUT2D eigenvalue weighted by molar-refractivity contribution is 7.89. The highest BCUT2D eigenvalue weighted by Gasteiger charge is 2.26. The summed E-state index contributed by atoms with van der Waals surface area (Å²) in [7, 11) is -3.78. The number of hydrogen-bond donors (Lipinski definition) is 1. The lowest BCUT2D eigenvalue weighted by molar-refractivity contribution is -0.156. The average Bonchev–Trinajstić information content (AvgIpc) is 3.16. The Bertz CT molecular complexity index is 789. The Morgan fingerprint density at radius 3 is 2.63 bits per heavy atom. The van der Waals surface area contributed by atoms with Crippen LogP contribution in [0.5, 0.6) is 0 Å². The summed E-state index contributed by atoms with van der Waals surface area (Å²) in [4.78, 5) is 23.7. The zero-order valence-electron chi connectivity index (χ0n) is 15.2. The van der Waals surface area contributed by atoms with Crippen molar-refractivity contribution in [2.75, 3.05) is 31.6 Å². The summed E-state index contributed by atoms with van der Waals surface area (Å²) in [6.07, 6.45) is 0.726. The SMILES string of the molecule is CCN(CC)S(=O)(=O)c1cc(NC(=O)COC(=O)[C@@H]2CCCO2)ccc1Cl. The average molecular weight is 419 g/mol. The van der Waals surface area contributed by atoms with Crippen molar-refractivity contribution in [3.63, 3.8) is 0 Å². The number of hydrogen-bond acceptors (Lipinski definition) is 6. The van der Waals surface area contributed by atoms with E-state index < -0.39 is 34.6 Å². The molecule has 0 saturated carbocycles. The van der Waals surface area contributed by atoms with Crippen molar-refractivity contribution in [3.8, 4) is 0 Å². The van der Waals surface area contributed by atoms with Crippen LogP contribution in [0.3, 0.4) is 0 Å². The van der Waals surface area contributed by atoms with Gasteiger partial charge in [-0.25, -0.2) is 13.2 Å². The van der Waals surface area contributed by atoms with Crippen molar-refractivity contribution in [2.24, 2.45) is 0 Å². The van der Waals surface area contributed by atoms with E-state index in [0.29, 0.717) is 26.1 Å². The van der Waals surface area contributed by atoms with Crippen LogP contribution in [-0.2, 0) is 29.1 Å². The molecule has 1 aliphatic rings. The van der Waals surface area contributed by atoms with Crippen molar-refractivity contribution in [1.29, 1.82) is 0 Å². The van der Waals surface area contributed by atoms with Gasteiger partial charge < -0.3 is 14.8 Å². The van der Waals surface area contributed by atoms with E-state index in [4.69, 9.17) is 21.1 Å². The number of carbonyl (C=O) groups is 2. The first-order chi connectivity index (χ1) is 12.8. The second kappa shape index (κ2) is 9.50. The zero-order chi connectivity index (χ0) is 20.0. The Morgan fingerprint density at radius 2 is 2.04 bits per heavy atom. The number of halogens is 1. The van der Waals surface area contributed by atoms with Crippen LogP contribution in [0.25, 0.3) is 0 Å². The summed E-state index contributed by atoms with van der Waals surface area (Å²) in [6.45, 7) is 4.06. The van der Waals surface area contributed by atoms with E-state index in [-0.39, 0.29) is 15.6 Å². The molecule has 1 fully saturated rings. The van der Waals surface area contributed by atoms with Crippen molar-refractivity contribution >= 4 is 39.2 Å². The van der Waals surface area contributed by atoms with Gasteiger partial charge in [-0.2, -0.15) is 4.31 Å². The predicted octanol–water partition coefficient (Wildman–Crippen LogP) is 2.03. The number of sulfonamides is 1. The van der Waals surface area contributed by atoms with E-state index in [9.17, 15) is 18.0 Å². The minimum Gasteiger partial charge on any atom is -0.454 e. The Hall–Kier alpha value is -1.68. The van der Waals surface area contributed by atoms with Gasteiger partial charge in [0, 0.05) is 25.4 Å². The van der Waals surface area contributed by atoms with Gasteiger partial charge in [0.15, 0.2) is 12.7 Å². The summed E-state index contributed by atoms with van der Waals surface area (Å²) in [5, 5.41) is 2.56. The number of nitrogens with zero attached hydrogens (tertiary/aromatic N) is 1. The van der Waals surface area contributed by atoms with Crippen LogP contribution in [-0.4, -0.2) is 57.0 Å². The van der Waals surface area contributed by atoms with Crippen LogP contribution in [0.1, 0.15) is 26.7 Å². The van der Waals surface area contributed by atoms with Crippen LogP contribution in [0, 0.1) is 0 Å². The van der Waals surface area contributed by atoms with Gasteiger partial charge in [0.2, 0.25) is 10.0 Å². The number of anilines is 1. The molecule has 1 atom stereocenters. The van der Waals surface area contributed by atoms with E-state index >= 15 is 0 Å². The van der Waals surface area contributed by atoms with Gasteiger partial charge in [-0.15, -0.1) is 0 Å². The van der Waals surface area contributed by atoms with Crippen LogP contribution in [0.4, 0.5) is 5.69 Å². The fourth-order valence-corrected chi connectivity index (χ4v) is 4.63. The summed E-state index contributed by atoms with van der Waals surface area (Å²) in [5.74, 6) is -1.17. The molecule has 0 unspecified atom stereocenters. The maximum absolute atomic E-state index is 12.7. The smallest absolute Gasteiger partial charge is 0.335 e. The minimum absolute atomic E-state index is 0.0599. The zero-order valence-corrected chi connectivity index (χ0v) is 16.8. The van der Waals surface area contributed by atoms with E-state index in [0.717, 1.165) is 6.42 Å². The summed E-state index contributed by atoms with van der Waals surface area (Å²) in [5.41, 5.74) is 0.239. The van der Waals surface area contributed by atoms with Crippen LogP contribution >= 0.6 is 11.6 Å². The Balaban J connectivity index is 2.04. The maximum atomic E-state index is 12.7. The van der Waals surface area contributed by atoms with Gasteiger partial charge in [-0.3, -0.25) is 4.79 Å². The normalized spacial score (nSPS) is 17.1. The highest BCUT2D eigenvalue weighted by atomic mass is 35.5. The first kappa shape index (κ1) is 21.6. The largest absolute Gasteiger partial charge is 0.454 e. The lowest BCUT2D eigenvalue weighted by atomic mass is 10.2. The topological polar surface area (TPSA) is 102 Å². The van der Waals surface area contributed by atoms with Gasteiger partial charge in [-0.1, -0.05) is 25.4 Å². The molecule has 150 valence electrons. The second-order valence-electron chi connectivity index (χ2n) is 5.89. The van der Waals surface area contributed by atoms with E-state index in [1.807, 2.05) is 0 Å². The molecular weight excluding hydrogens is 396 g/mol. The number of benzene rings is 1. The molecule has 1 saturated heterocycles. The molecule has 10 heteroatoms. The van der Waals surface area contributed by atoms with Gasteiger partial charge in [0.05, 0.1) is 5.02 Å². The molecule has 8 nitrogen and oxygen atoms in total. The fraction of sp³-hybridized carbons (Fsp3) is 0.529. The molecular formula is C17H23ClN2O6S. The van der Waals surface area contributed by atoms with E-state index in [1.54, 1.807) is 13.8 Å². The number of nitrogens with one attached hydrogen (secondary N) is 1. The maximum Gasteiger partial charge on any atom is 0.335 e. The van der Waals surface area contributed by atoms with Gasteiger partial charge in [0.1, 0.15) is 4.90 Å². The second-order valence-corrected chi connectivity index (χ2v) is 8.21. The first-order valence-electron chi connectivity index (χ1n) is 8.67. The molecule has 1 aromatic carbocycles. The molecule has 0 aliphatic carbocycles. The highest BCUT2D eigenvalue weighted by Crippen LogP contribution is 2.27. The van der Waals surface area contributed by atoms with Crippen molar-refractivity contribution in [2.45, 2.75) is 37.7 Å². The third-order valence-electron chi connectivity index (χ3n) is 4.08. The predicted molar refractivity (Wildman–Crippen MR) is 100 cm³/mol. The van der Waals surface area contributed by atoms with Crippen molar-refractivity contribution < 1.29 is 27.5 Å². The van der Waals surface area contributed by atoms with Crippen LogP contribution in [0.15, 0.2) is 23.1 Å². The van der Waals surface area contributed by atoms with Crippen LogP contribution < -0.4 is 5.32 Å². The molecule has 0 radical (unpaired) electrons. The quantitative estimate of drug-likeness (QED) is 0.648. The summed E-state index contributed by atoms with van der Waals surface area (Å²) < 4.78 is 36.7. The molecule has 0 bridgehead atoms.